The molecule has 0 aliphatic carbocycles. The van der Waals surface area contributed by atoms with Crippen LogP contribution in [-0.2, 0) is 11.3 Å². The van der Waals surface area contributed by atoms with Crippen molar-refractivity contribution in [3.8, 4) is 5.82 Å². The highest BCUT2D eigenvalue weighted by Gasteiger charge is 2.22. The molecule has 0 saturated carbocycles. The highest BCUT2D eigenvalue weighted by Crippen LogP contribution is 2.27. The second kappa shape index (κ2) is 5.43. The van der Waals surface area contributed by atoms with Crippen molar-refractivity contribution in [2.45, 2.75) is 6.61 Å². The number of aromatic nitrogens is 2. The summed E-state index contributed by atoms with van der Waals surface area (Å²) in [5.74, 6) is -2.65. The quantitative estimate of drug-likeness (QED) is 0.688. The van der Waals surface area contributed by atoms with Gasteiger partial charge in [-0.15, -0.1) is 0 Å². The van der Waals surface area contributed by atoms with Crippen LogP contribution < -0.4 is 4.87 Å². The topological polar surface area (TPSA) is 74.3 Å². The molecule has 0 bridgehead atoms. The van der Waals surface area contributed by atoms with Gasteiger partial charge >= 0.3 is 4.87 Å². The molecule has 0 unspecified atom stereocenters. The molecule has 1 aromatic carbocycles. The molecule has 3 rings (SSSR count). The molecule has 0 aliphatic rings. The van der Waals surface area contributed by atoms with Crippen molar-refractivity contribution in [1.82, 2.24) is 9.72 Å². The Morgan fingerprint density at radius 2 is 2.23 bits per heavy atom. The number of hydrogen-bond donors (Lipinski definition) is 0. The Morgan fingerprint density at radius 3 is 2.91 bits per heavy atom. The number of carbonyl (C=O) groups is 1. The number of ether oxygens (including phenoxy) is 1. The number of thiazole rings is 1. The average Bonchev–Trinajstić information content (AvgIpc) is 3.06. The van der Waals surface area contributed by atoms with Gasteiger partial charge in [0.1, 0.15) is 0 Å². The molecule has 0 radical (unpaired) electrons. The van der Waals surface area contributed by atoms with Gasteiger partial charge in [0.05, 0.1) is 22.4 Å². The number of nitrogens with zero attached hydrogens (tertiary/aromatic N) is 2. The summed E-state index contributed by atoms with van der Waals surface area (Å²) >= 11 is 0.926. The van der Waals surface area contributed by atoms with E-state index in [2.05, 4.69) is 5.16 Å². The Balaban J connectivity index is 2.26. The van der Waals surface area contributed by atoms with E-state index in [4.69, 9.17) is 9.26 Å². The van der Waals surface area contributed by atoms with Gasteiger partial charge in [0.2, 0.25) is 11.4 Å². The van der Waals surface area contributed by atoms with Gasteiger partial charge < -0.3 is 9.26 Å². The third-order valence-electron chi connectivity index (χ3n) is 2.98. The van der Waals surface area contributed by atoms with Gasteiger partial charge in [-0.1, -0.05) is 16.5 Å². The second-order valence-corrected chi connectivity index (χ2v) is 5.44. The number of aldehydes is 1. The minimum Gasteiger partial charge on any atom is -0.379 e. The zero-order valence-electron chi connectivity index (χ0n) is 11.1. The SMILES string of the molecule is COCc1cn(-c2noc3c(F)c(F)c(C=O)cc23)c(=O)s1. The van der Waals surface area contributed by atoms with E-state index in [-0.39, 0.29) is 29.0 Å². The Bertz CT molecular complexity index is 928. The van der Waals surface area contributed by atoms with Crippen LogP contribution in [-0.4, -0.2) is 23.1 Å². The first-order valence-corrected chi connectivity index (χ1v) is 6.81. The van der Waals surface area contributed by atoms with Crippen molar-refractivity contribution in [3.63, 3.8) is 0 Å². The van der Waals surface area contributed by atoms with Crippen molar-refractivity contribution in [2.75, 3.05) is 7.11 Å². The zero-order valence-corrected chi connectivity index (χ0v) is 11.9. The molecule has 2 heterocycles. The van der Waals surface area contributed by atoms with Crippen molar-refractivity contribution in [1.29, 1.82) is 0 Å². The van der Waals surface area contributed by atoms with Gasteiger partial charge in [-0.2, -0.15) is 4.39 Å². The molecule has 0 fully saturated rings. The molecule has 114 valence electrons. The number of hydrogen-bond acceptors (Lipinski definition) is 6. The van der Waals surface area contributed by atoms with Gasteiger partial charge in [0.15, 0.2) is 17.9 Å². The number of carbonyl (C=O) groups excluding carboxylic acids is 1. The van der Waals surface area contributed by atoms with E-state index in [0.717, 1.165) is 22.0 Å². The summed E-state index contributed by atoms with van der Waals surface area (Å²) in [6.45, 7) is 0.227. The summed E-state index contributed by atoms with van der Waals surface area (Å²) in [6.07, 6.45) is 1.65. The smallest absolute Gasteiger partial charge is 0.313 e. The third kappa shape index (κ3) is 2.14. The maximum absolute atomic E-state index is 13.8. The molecular formula is C13H8F2N2O4S. The Hall–Kier alpha value is -2.39. The fourth-order valence-electron chi connectivity index (χ4n) is 2.02. The minimum atomic E-state index is -1.32. The number of rotatable bonds is 4. The standard InChI is InChI=1S/C13H8F2N2O4S/c1-20-5-7-3-17(13(19)22-7)12-8-2-6(4-18)9(14)10(15)11(8)21-16-12/h2-4H,5H2,1H3. The van der Waals surface area contributed by atoms with Gasteiger partial charge in [0.25, 0.3) is 0 Å². The monoisotopic (exact) mass is 326 g/mol. The van der Waals surface area contributed by atoms with Crippen molar-refractivity contribution < 1.29 is 22.8 Å². The summed E-state index contributed by atoms with van der Waals surface area (Å²) in [4.78, 5) is 23.0. The third-order valence-corrected chi connectivity index (χ3v) is 3.84. The van der Waals surface area contributed by atoms with Crippen LogP contribution in [0, 0.1) is 11.6 Å². The molecule has 9 heteroatoms. The van der Waals surface area contributed by atoms with E-state index in [1.165, 1.54) is 13.3 Å². The lowest BCUT2D eigenvalue weighted by Gasteiger charge is -1.99. The van der Waals surface area contributed by atoms with E-state index in [1.54, 1.807) is 0 Å². The predicted octanol–water partition coefficient (Wildman–Crippen LogP) is 2.28. The van der Waals surface area contributed by atoms with Crippen LogP contribution in [0.15, 0.2) is 21.6 Å². The molecule has 0 amide bonds. The fraction of sp³-hybridized carbons (Fsp3) is 0.154. The number of benzene rings is 1. The summed E-state index contributed by atoms with van der Waals surface area (Å²) in [5.41, 5.74) is -0.931. The maximum atomic E-state index is 13.8. The molecule has 3 aromatic rings. The molecule has 0 aliphatic heterocycles. The van der Waals surface area contributed by atoms with Crippen LogP contribution >= 0.6 is 11.3 Å². The van der Waals surface area contributed by atoms with Crippen LogP contribution in [0.4, 0.5) is 8.78 Å². The molecule has 6 nitrogen and oxygen atoms in total. The lowest BCUT2D eigenvalue weighted by Crippen LogP contribution is -2.09. The minimum absolute atomic E-state index is 0.0133. The highest BCUT2D eigenvalue weighted by atomic mass is 32.1. The van der Waals surface area contributed by atoms with Crippen LogP contribution in [0.5, 0.6) is 0 Å². The van der Waals surface area contributed by atoms with E-state index in [9.17, 15) is 18.4 Å². The van der Waals surface area contributed by atoms with Crippen molar-refractivity contribution in [3.05, 3.63) is 44.0 Å². The van der Waals surface area contributed by atoms with E-state index < -0.39 is 22.8 Å². The lowest BCUT2D eigenvalue weighted by molar-refractivity contribution is 0.111. The molecule has 0 spiro atoms. The highest BCUT2D eigenvalue weighted by molar-refractivity contribution is 7.09. The summed E-state index contributed by atoms with van der Waals surface area (Å²) in [5, 5.41) is 3.64. The molecule has 0 saturated heterocycles. The Labute approximate surface area is 125 Å². The molecule has 22 heavy (non-hydrogen) atoms. The summed E-state index contributed by atoms with van der Waals surface area (Å²) < 4.78 is 38.2. The Kier molecular flexibility index (Phi) is 3.59. The first kappa shape index (κ1) is 14.5. The lowest BCUT2D eigenvalue weighted by atomic mass is 10.1. The van der Waals surface area contributed by atoms with Crippen LogP contribution in [0.1, 0.15) is 15.2 Å². The second-order valence-electron chi connectivity index (χ2n) is 4.36. The predicted molar refractivity (Wildman–Crippen MR) is 73.5 cm³/mol. The van der Waals surface area contributed by atoms with Crippen molar-refractivity contribution in [2.24, 2.45) is 0 Å². The van der Waals surface area contributed by atoms with E-state index in [0.29, 0.717) is 4.88 Å². The van der Waals surface area contributed by atoms with E-state index >= 15 is 0 Å². The molecular weight excluding hydrogens is 318 g/mol. The van der Waals surface area contributed by atoms with Gasteiger partial charge in [-0.25, -0.2) is 4.39 Å². The Morgan fingerprint density at radius 1 is 1.45 bits per heavy atom. The largest absolute Gasteiger partial charge is 0.379 e. The molecule has 0 atom stereocenters. The van der Waals surface area contributed by atoms with Crippen molar-refractivity contribution >= 4 is 28.6 Å². The first-order chi connectivity index (χ1) is 10.6. The zero-order chi connectivity index (χ0) is 15.9. The number of methoxy groups -OCH3 is 1. The summed E-state index contributed by atoms with van der Waals surface area (Å²) in [7, 11) is 1.48. The van der Waals surface area contributed by atoms with E-state index in [1.807, 2.05) is 0 Å². The van der Waals surface area contributed by atoms with Crippen LogP contribution in [0.25, 0.3) is 16.8 Å². The maximum Gasteiger partial charge on any atom is 0.313 e. The average molecular weight is 326 g/mol. The summed E-state index contributed by atoms with van der Waals surface area (Å²) in [6, 6.07) is 1.09. The van der Waals surface area contributed by atoms with Gasteiger partial charge in [-0.3, -0.25) is 14.2 Å². The van der Waals surface area contributed by atoms with Gasteiger partial charge in [0, 0.05) is 13.3 Å². The normalized spacial score (nSPS) is 11.2. The van der Waals surface area contributed by atoms with Crippen LogP contribution in [0.3, 0.4) is 0 Å². The molecule has 0 N–H and O–H groups in total. The first-order valence-electron chi connectivity index (χ1n) is 6.00. The van der Waals surface area contributed by atoms with Gasteiger partial charge in [-0.05, 0) is 6.07 Å². The van der Waals surface area contributed by atoms with Crippen LogP contribution in [0.2, 0.25) is 0 Å². The molecule has 2 aromatic heterocycles. The number of halogens is 2. The fourth-order valence-corrected chi connectivity index (χ4v) is 2.82. The number of fused-ring (bicyclic) bond motifs is 1.